The Balaban J connectivity index is 1.75. The monoisotopic (exact) mass is 287 g/mol. The summed E-state index contributed by atoms with van der Waals surface area (Å²) in [5.74, 6) is 1.38. The van der Waals surface area contributed by atoms with Crippen LogP contribution in [-0.2, 0) is 4.79 Å². The van der Waals surface area contributed by atoms with Crippen molar-refractivity contribution in [3.8, 4) is 0 Å². The molecule has 1 aromatic heterocycles. The Hall–Kier alpha value is -1.75. The number of rotatable bonds is 2. The van der Waals surface area contributed by atoms with Gasteiger partial charge in [-0.3, -0.25) is 4.79 Å². The maximum absolute atomic E-state index is 11.6. The molecule has 1 aromatic carbocycles. The standard InChI is InChI=1S/C15H17N3OS/c19-15(11-20)18-9-7-17(8-10-18)14-6-5-12-3-1-2-4-13(12)16-14/h1-6,20H,7-11H2. The zero-order valence-electron chi connectivity index (χ0n) is 11.2. The smallest absolute Gasteiger partial charge is 0.232 e. The van der Waals surface area contributed by atoms with E-state index in [0.29, 0.717) is 0 Å². The summed E-state index contributed by atoms with van der Waals surface area (Å²) >= 11 is 4.04. The second kappa shape index (κ2) is 5.71. The van der Waals surface area contributed by atoms with Crippen molar-refractivity contribution >= 4 is 35.3 Å². The number of pyridine rings is 1. The summed E-state index contributed by atoms with van der Waals surface area (Å²) in [5.41, 5.74) is 1.01. The van der Waals surface area contributed by atoms with Crippen molar-refractivity contribution in [1.82, 2.24) is 9.88 Å². The van der Waals surface area contributed by atoms with Gasteiger partial charge in [-0.1, -0.05) is 18.2 Å². The molecule has 0 radical (unpaired) electrons. The summed E-state index contributed by atoms with van der Waals surface area (Å²) in [6.07, 6.45) is 0. The highest BCUT2D eigenvalue weighted by molar-refractivity contribution is 7.81. The number of nitrogens with zero attached hydrogens (tertiary/aromatic N) is 3. The van der Waals surface area contributed by atoms with Crippen LogP contribution in [0.25, 0.3) is 10.9 Å². The van der Waals surface area contributed by atoms with E-state index in [9.17, 15) is 4.79 Å². The molecule has 0 bridgehead atoms. The van der Waals surface area contributed by atoms with Gasteiger partial charge in [-0.2, -0.15) is 12.6 Å². The maximum atomic E-state index is 11.6. The number of hydrogen-bond donors (Lipinski definition) is 1. The first-order valence-electron chi connectivity index (χ1n) is 6.77. The summed E-state index contributed by atoms with van der Waals surface area (Å²) < 4.78 is 0. The topological polar surface area (TPSA) is 36.4 Å². The fraction of sp³-hybridized carbons (Fsp3) is 0.333. The van der Waals surface area contributed by atoms with Crippen molar-refractivity contribution in [3.63, 3.8) is 0 Å². The summed E-state index contributed by atoms with van der Waals surface area (Å²) in [6.45, 7) is 3.14. The van der Waals surface area contributed by atoms with Crippen molar-refractivity contribution in [1.29, 1.82) is 0 Å². The van der Waals surface area contributed by atoms with Crippen LogP contribution >= 0.6 is 12.6 Å². The normalized spacial score (nSPS) is 15.7. The largest absolute Gasteiger partial charge is 0.353 e. The van der Waals surface area contributed by atoms with Crippen molar-refractivity contribution in [3.05, 3.63) is 36.4 Å². The molecule has 1 fully saturated rings. The van der Waals surface area contributed by atoms with Gasteiger partial charge in [-0.15, -0.1) is 0 Å². The molecule has 104 valence electrons. The molecule has 5 heteroatoms. The van der Waals surface area contributed by atoms with Crippen LogP contribution in [0, 0.1) is 0 Å². The molecule has 0 N–H and O–H groups in total. The third kappa shape index (κ3) is 2.58. The lowest BCUT2D eigenvalue weighted by Crippen LogP contribution is -2.49. The number of carbonyl (C=O) groups is 1. The summed E-state index contributed by atoms with van der Waals surface area (Å²) in [5, 5.41) is 1.15. The number of para-hydroxylation sites is 1. The number of fused-ring (bicyclic) bond motifs is 1. The Morgan fingerprint density at radius 1 is 1.10 bits per heavy atom. The lowest BCUT2D eigenvalue weighted by molar-refractivity contribution is -0.128. The summed E-state index contributed by atoms with van der Waals surface area (Å²) in [7, 11) is 0. The first-order valence-corrected chi connectivity index (χ1v) is 7.40. The summed E-state index contributed by atoms with van der Waals surface area (Å²) in [4.78, 5) is 20.4. The Kier molecular flexibility index (Phi) is 3.78. The van der Waals surface area contributed by atoms with Gasteiger partial charge in [0.2, 0.25) is 5.91 Å². The SMILES string of the molecule is O=C(CS)N1CCN(c2ccc3ccccc3n2)CC1. The van der Waals surface area contributed by atoms with Crippen LogP contribution in [0.4, 0.5) is 5.82 Å². The van der Waals surface area contributed by atoms with Crippen LogP contribution in [-0.4, -0.2) is 47.7 Å². The molecule has 0 aliphatic carbocycles. The minimum absolute atomic E-state index is 0.111. The molecule has 2 heterocycles. The maximum Gasteiger partial charge on any atom is 0.232 e. The van der Waals surface area contributed by atoms with E-state index in [0.717, 1.165) is 42.9 Å². The Morgan fingerprint density at radius 2 is 1.85 bits per heavy atom. The first-order chi connectivity index (χ1) is 9.78. The van der Waals surface area contributed by atoms with Gasteiger partial charge in [-0.05, 0) is 18.2 Å². The van der Waals surface area contributed by atoms with Crippen molar-refractivity contribution in [2.75, 3.05) is 36.8 Å². The quantitative estimate of drug-likeness (QED) is 0.856. The molecule has 1 saturated heterocycles. The number of thiol groups is 1. The summed E-state index contributed by atoms with van der Waals surface area (Å²) in [6, 6.07) is 12.3. The van der Waals surface area contributed by atoms with E-state index in [1.807, 2.05) is 23.1 Å². The van der Waals surface area contributed by atoms with Gasteiger partial charge >= 0.3 is 0 Å². The minimum atomic E-state index is 0.111. The van der Waals surface area contributed by atoms with Crippen LogP contribution in [0.3, 0.4) is 0 Å². The first kappa shape index (κ1) is 13.2. The molecule has 0 spiro atoms. The van der Waals surface area contributed by atoms with Gasteiger partial charge < -0.3 is 9.80 Å². The van der Waals surface area contributed by atoms with E-state index in [1.54, 1.807) is 0 Å². The van der Waals surface area contributed by atoms with Crippen LogP contribution in [0.15, 0.2) is 36.4 Å². The molecule has 0 saturated carbocycles. The van der Waals surface area contributed by atoms with Crippen molar-refractivity contribution in [2.45, 2.75) is 0 Å². The van der Waals surface area contributed by atoms with Gasteiger partial charge in [0.1, 0.15) is 5.82 Å². The van der Waals surface area contributed by atoms with E-state index in [4.69, 9.17) is 4.98 Å². The molecular weight excluding hydrogens is 270 g/mol. The molecule has 20 heavy (non-hydrogen) atoms. The number of amides is 1. The average Bonchev–Trinajstić information content (AvgIpc) is 2.54. The highest BCUT2D eigenvalue weighted by atomic mass is 32.1. The molecule has 1 aliphatic heterocycles. The van der Waals surface area contributed by atoms with Gasteiger partial charge in [0.05, 0.1) is 11.3 Å². The van der Waals surface area contributed by atoms with Crippen molar-refractivity contribution < 1.29 is 4.79 Å². The molecule has 1 aliphatic rings. The number of anilines is 1. The fourth-order valence-corrected chi connectivity index (χ4v) is 2.72. The third-order valence-electron chi connectivity index (χ3n) is 3.68. The minimum Gasteiger partial charge on any atom is -0.353 e. The number of aromatic nitrogens is 1. The second-order valence-electron chi connectivity index (χ2n) is 4.89. The molecule has 3 rings (SSSR count). The van der Waals surface area contributed by atoms with Crippen molar-refractivity contribution in [2.24, 2.45) is 0 Å². The van der Waals surface area contributed by atoms with E-state index in [1.165, 1.54) is 0 Å². The Bertz CT molecular complexity index is 623. The number of piperazine rings is 1. The second-order valence-corrected chi connectivity index (χ2v) is 5.20. The van der Waals surface area contributed by atoms with Gasteiger partial charge in [0.25, 0.3) is 0 Å². The molecule has 0 atom stereocenters. The molecular formula is C15H17N3OS. The van der Waals surface area contributed by atoms with E-state index in [2.05, 4.69) is 35.7 Å². The average molecular weight is 287 g/mol. The highest BCUT2D eigenvalue weighted by Crippen LogP contribution is 2.19. The molecule has 2 aromatic rings. The molecule has 4 nitrogen and oxygen atoms in total. The lowest BCUT2D eigenvalue weighted by Gasteiger charge is -2.35. The van der Waals surface area contributed by atoms with Gasteiger partial charge in [-0.25, -0.2) is 4.98 Å². The number of hydrogen-bond acceptors (Lipinski definition) is 4. The van der Waals surface area contributed by atoms with Crippen LogP contribution in [0.5, 0.6) is 0 Å². The number of carbonyl (C=O) groups excluding carboxylic acids is 1. The zero-order chi connectivity index (χ0) is 13.9. The van der Waals surface area contributed by atoms with Crippen LogP contribution in [0.1, 0.15) is 0 Å². The number of benzene rings is 1. The van der Waals surface area contributed by atoms with E-state index in [-0.39, 0.29) is 11.7 Å². The predicted molar refractivity (Wildman–Crippen MR) is 84.4 cm³/mol. The molecule has 0 unspecified atom stereocenters. The van der Waals surface area contributed by atoms with E-state index < -0.39 is 0 Å². The zero-order valence-corrected chi connectivity index (χ0v) is 12.1. The van der Waals surface area contributed by atoms with Crippen LogP contribution in [0.2, 0.25) is 0 Å². The highest BCUT2D eigenvalue weighted by Gasteiger charge is 2.20. The lowest BCUT2D eigenvalue weighted by atomic mass is 10.2. The Labute approximate surface area is 123 Å². The van der Waals surface area contributed by atoms with Crippen LogP contribution < -0.4 is 4.90 Å². The van der Waals surface area contributed by atoms with E-state index >= 15 is 0 Å². The van der Waals surface area contributed by atoms with Gasteiger partial charge in [0.15, 0.2) is 0 Å². The third-order valence-corrected chi connectivity index (χ3v) is 3.95. The molecule has 1 amide bonds. The Morgan fingerprint density at radius 3 is 2.60 bits per heavy atom. The van der Waals surface area contributed by atoms with Gasteiger partial charge in [0, 0.05) is 31.6 Å². The predicted octanol–water partition coefficient (Wildman–Crippen LogP) is 1.81. The fourth-order valence-electron chi connectivity index (χ4n) is 2.52.